The van der Waals surface area contributed by atoms with Gasteiger partial charge in [-0.05, 0) is 43.9 Å². The molecule has 1 saturated heterocycles. The molecule has 1 aromatic carbocycles. The highest BCUT2D eigenvalue weighted by molar-refractivity contribution is 9.10. The zero-order valence-corrected chi connectivity index (χ0v) is 17.7. The first-order chi connectivity index (χ1) is 12.2. The van der Waals surface area contributed by atoms with Crippen LogP contribution in [-0.2, 0) is 14.9 Å². The molecule has 1 aliphatic heterocycles. The molecule has 0 spiro atoms. The van der Waals surface area contributed by atoms with Crippen LogP contribution in [0.5, 0.6) is 0 Å². The average molecular weight is 425 g/mol. The van der Waals surface area contributed by atoms with Crippen LogP contribution in [0.25, 0.3) is 0 Å². The zero-order valence-electron chi connectivity index (χ0n) is 16.1. The van der Waals surface area contributed by atoms with E-state index in [1.54, 1.807) is 4.90 Å². The summed E-state index contributed by atoms with van der Waals surface area (Å²) in [7, 11) is 0. The maximum absolute atomic E-state index is 13.1. The Morgan fingerprint density at radius 2 is 1.65 bits per heavy atom. The molecule has 0 bridgehead atoms. The Hall–Kier alpha value is -1.56. The molecule has 1 aliphatic rings. The molecule has 1 aromatic rings. The number of hydrogen-bond donors (Lipinski definition) is 0. The molecule has 0 aliphatic carbocycles. The van der Waals surface area contributed by atoms with Crippen LogP contribution in [0.3, 0.4) is 0 Å². The van der Waals surface area contributed by atoms with Crippen molar-refractivity contribution in [3.63, 3.8) is 0 Å². The van der Waals surface area contributed by atoms with Crippen molar-refractivity contribution < 1.29 is 14.3 Å². The summed E-state index contributed by atoms with van der Waals surface area (Å²) >= 11 is 3.43. The lowest BCUT2D eigenvalue weighted by Gasteiger charge is -2.31. The SMILES string of the molecule is CC(C)COC(=O)N1CCCN(C(=O)C(C)(C)c2ccc(Br)cc2)CC1. The fourth-order valence-electron chi connectivity index (χ4n) is 3.02. The second-order valence-electron chi connectivity index (χ2n) is 7.74. The van der Waals surface area contributed by atoms with E-state index in [4.69, 9.17) is 4.74 Å². The number of halogens is 1. The van der Waals surface area contributed by atoms with E-state index in [1.807, 2.05) is 56.9 Å². The van der Waals surface area contributed by atoms with E-state index in [0.29, 0.717) is 38.7 Å². The highest BCUT2D eigenvalue weighted by Crippen LogP contribution is 2.27. The normalized spacial score (nSPS) is 15.8. The number of hydrogen-bond acceptors (Lipinski definition) is 3. The van der Waals surface area contributed by atoms with Crippen LogP contribution in [0.1, 0.15) is 39.7 Å². The topological polar surface area (TPSA) is 49.9 Å². The first-order valence-electron chi connectivity index (χ1n) is 9.19. The van der Waals surface area contributed by atoms with Crippen molar-refractivity contribution in [1.82, 2.24) is 9.80 Å². The molecule has 2 rings (SSSR count). The molecule has 0 aromatic heterocycles. The highest BCUT2D eigenvalue weighted by Gasteiger charge is 2.35. The molecular weight excluding hydrogens is 396 g/mol. The lowest BCUT2D eigenvalue weighted by molar-refractivity contribution is -0.136. The molecule has 6 heteroatoms. The van der Waals surface area contributed by atoms with Crippen molar-refractivity contribution in [3.05, 3.63) is 34.3 Å². The molecular formula is C20H29BrN2O3. The Balaban J connectivity index is 2.00. The Labute approximate surface area is 164 Å². The van der Waals surface area contributed by atoms with E-state index in [0.717, 1.165) is 16.5 Å². The smallest absolute Gasteiger partial charge is 0.409 e. The van der Waals surface area contributed by atoms with Gasteiger partial charge in [-0.25, -0.2) is 4.79 Å². The van der Waals surface area contributed by atoms with Crippen molar-refractivity contribution in [2.24, 2.45) is 5.92 Å². The molecule has 0 N–H and O–H groups in total. The minimum absolute atomic E-state index is 0.0946. The van der Waals surface area contributed by atoms with Crippen LogP contribution >= 0.6 is 15.9 Å². The van der Waals surface area contributed by atoms with Crippen LogP contribution in [0.15, 0.2) is 28.7 Å². The third-order valence-electron chi connectivity index (χ3n) is 4.68. The minimum Gasteiger partial charge on any atom is -0.449 e. The molecule has 1 fully saturated rings. The van der Waals surface area contributed by atoms with E-state index >= 15 is 0 Å². The average Bonchev–Trinajstić information content (AvgIpc) is 2.85. The molecule has 0 atom stereocenters. The van der Waals surface area contributed by atoms with Gasteiger partial charge in [-0.2, -0.15) is 0 Å². The molecule has 2 amide bonds. The summed E-state index contributed by atoms with van der Waals surface area (Å²) in [5.74, 6) is 0.410. The Morgan fingerprint density at radius 1 is 1.08 bits per heavy atom. The maximum Gasteiger partial charge on any atom is 0.409 e. The number of nitrogens with zero attached hydrogens (tertiary/aromatic N) is 2. The predicted octanol–water partition coefficient (Wildman–Crippen LogP) is 4.05. The maximum atomic E-state index is 13.1. The number of rotatable bonds is 4. The van der Waals surface area contributed by atoms with Gasteiger partial charge in [-0.15, -0.1) is 0 Å². The summed E-state index contributed by atoms with van der Waals surface area (Å²) in [6.07, 6.45) is 0.485. The van der Waals surface area contributed by atoms with E-state index in [2.05, 4.69) is 15.9 Å². The molecule has 0 unspecified atom stereocenters. The van der Waals surface area contributed by atoms with Gasteiger partial charge in [0.05, 0.1) is 12.0 Å². The number of carbonyl (C=O) groups is 2. The van der Waals surface area contributed by atoms with Gasteiger partial charge in [-0.1, -0.05) is 41.9 Å². The Morgan fingerprint density at radius 3 is 2.27 bits per heavy atom. The van der Waals surface area contributed by atoms with E-state index in [9.17, 15) is 9.59 Å². The fourth-order valence-corrected chi connectivity index (χ4v) is 3.28. The van der Waals surface area contributed by atoms with E-state index in [-0.39, 0.29) is 12.0 Å². The third kappa shape index (κ3) is 5.22. The Kier molecular flexibility index (Phi) is 7.09. The summed E-state index contributed by atoms with van der Waals surface area (Å²) in [5, 5.41) is 0. The Bertz CT molecular complexity index is 628. The first kappa shape index (κ1) is 20.7. The van der Waals surface area contributed by atoms with E-state index in [1.165, 1.54) is 0 Å². The molecule has 1 heterocycles. The molecule has 0 saturated carbocycles. The standard InChI is InChI=1S/C20H29BrN2O3/c1-15(2)14-26-19(25)23-11-5-10-22(12-13-23)18(24)20(3,4)16-6-8-17(21)9-7-16/h6-9,15H,5,10-14H2,1-4H3. The highest BCUT2D eigenvalue weighted by atomic mass is 79.9. The van der Waals surface area contributed by atoms with Gasteiger partial charge in [0.25, 0.3) is 0 Å². The number of benzene rings is 1. The quantitative estimate of drug-likeness (QED) is 0.731. The lowest BCUT2D eigenvalue weighted by atomic mass is 9.83. The molecule has 26 heavy (non-hydrogen) atoms. The largest absolute Gasteiger partial charge is 0.449 e. The second kappa shape index (κ2) is 8.89. The first-order valence-corrected chi connectivity index (χ1v) is 9.98. The van der Waals surface area contributed by atoms with Crippen molar-refractivity contribution >= 4 is 27.9 Å². The van der Waals surface area contributed by atoms with Gasteiger partial charge in [0.2, 0.25) is 5.91 Å². The van der Waals surface area contributed by atoms with Crippen molar-refractivity contribution in [2.45, 2.75) is 39.5 Å². The minimum atomic E-state index is -0.603. The van der Waals surface area contributed by atoms with Crippen LogP contribution in [-0.4, -0.2) is 54.6 Å². The lowest BCUT2D eigenvalue weighted by Crippen LogP contribution is -2.45. The van der Waals surface area contributed by atoms with Crippen LogP contribution < -0.4 is 0 Å². The van der Waals surface area contributed by atoms with Crippen LogP contribution in [0, 0.1) is 5.92 Å². The monoisotopic (exact) mass is 424 g/mol. The number of ether oxygens (including phenoxy) is 1. The second-order valence-corrected chi connectivity index (χ2v) is 8.65. The number of carbonyl (C=O) groups excluding carboxylic acids is 2. The fraction of sp³-hybridized carbons (Fsp3) is 0.600. The molecule has 144 valence electrons. The van der Waals surface area contributed by atoms with Gasteiger partial charge in [0.1, 0.15) is 0 Å². The molecule has 0 radical (unpaired) electrons. The number of amides is 2. The van der Waals surface area contributed by atoms with Gasteiger partial charge in [-0.3, -0.25) is 4.79 Å². The summed E-state index contributed by atoms with van der Waals surface area (Å²) < 4.78 is 6.32. The summed E-state index contributed by atoms with van der Waals surface area (Å²) in [6.45, 7) is 10.7. The van der Waals surface area contributed by atoms with Gasteiger partial charge in [0.15, 0.2) is 0 Å². The summed E-state index contributed by atoms with van der Waals surface area (Å²) in [4.78, 5) is 28.9. The van der Waals surface area contributed by atoms with Crippen molar-refractivity contribution in [1.29, 1.82) is 0 Å². The van der Waals surface area contributed by atoms with Crippen LogP contribution in [0.2, 0.25) is 0 Å². The summed E-state index contributed by atoms with van der Waals surface area (Å²) in [5.41, 5.74) is 0.386. The summed E-state index contributed by atoms with van der Waals surface area (Å²) in [6, 6.07) is 7.88. The van der Waals surface area contributed by atoms with Crippen molar-refractivity contribution in [3.8, 4) is 0 Å². The van der Waals surface area contributed by atoms with Gasteiger partial charge >= 0.3 is 6.09 Å². The zero-order chi connectivity index (χ0) is 19.3. The van der Waals surface area contributed by atoms with Crippen LogP contribution in [0.4, 0.5) is 4.79 Å². The van der Waals surface area contributed by atoms with Gasteiger partial charge < -0.3 is 14.5 Å². The van der Waals surface area contributed by atoms with Crippen molar-refractivity contribution in [2.75, 3.05) is 32.8 Å². The predicted molar refractivity (Wildman–Crippen MR) is 106 cm³/mol. The van der Waals surface area contributed by atoms with Gasteiger partial charge in [0, 0.05) is 30.7 Å². The third-order valence-corrected chi connectivity index (χ3v) is 5.21. The van der Waals surface area contributed by atoms with E-state index < -0.39 is 5.41 Å². The molecule has 5 nitrogen and oxygen atoms in total.